The third kappa shape index (κ3) is 7.71. The summed E-state index contributed by atoms with van der Waals surface area (Å²) in [5.41, 5.74) is 6.76. The molecule has 3 aromatic carbocycles. The highest BCUT2D eigenvalue weighted by molar-refractivity contribution is 7.90. The fourth-order valence-corrected chi connectivity index (χ4v) is 6.56. The smallest absolute Gasteiger partial charge is 0.0113 e. The standard InChI is InChI=1S/C38H40S2.C2H6/c1-3-32-34-18-9-10-19-35(34)33(4-2)37-26-30(23-24-36(32)37)38(40)20-12-17-31(39)16-11-13-27-21-22-28-14-7-5-6-8-15-29(28)25-27;1-2/h9-14,16-26,29,39-40H,3-8,15H2,1-2H3;1-2H3/b13-11+,17-12+,28-14-,31-16-,38-20-;. The van der Waals surface area contributed by atoms with Gasteiger partial charge in [0.05, 0.1) is 0 Å². The molecule has 0 spiro atoms. The number of thiol groups is 2. The zero-order valence-electron chi connectivity index (χ0n) is 25.7. The van der Waals surface area contributed by atoms with Crippen molar-refractivity contribution in [1.82, 2.24) is 0 Å². The third-order valence-electron chi connectivity index (χ3n) is 8.22. The summed E-state index contributed by atoms with van der Waals surface area (Å²) in [7, 11) is 0. The fraction of sp³-hybridized carbons (Fsp3) is 0.300. The van der Waals surface area contributed by atoms with Crippen molar-refractivity contribution in [1.29, 1.82) is 0 Å². The minimum Gasteiger partial charge on any atom is -0.143 e. The van der Waals surface area contributed by atoms with Crippen molar-refractivity contribution in [2.45, 2.75) is 72.6 Å². The largest absolute Gasteiger partial charge is 0.143 e. The lowest BCUT2D eigenvalue weighted by Gasteiger charge is -2.21. The van der Waals surface area contributed by atoms with Gasteiger partial charge in [0.25, 0.3) is 0 Å². The van der Waals surface area contributed by atoms with E-state index >= 15 is 0 Å². The van der Waals surface area contributed by atoms with Crippen molar-refractivity contribution < 1.29 is 0 Å². The van der Waals surface area contributed by atoms with Crippen molar-refractivity contribution >= 4 is 51.7 Å². The average Bonchev–Trinajstić information content (AvgIpc) is 3.01. The topological polar surface area (TPSA) is 0 Å². The SMILES string of the molecule is CC.CCc1c2ccccc2c(CC)c2cc(/C(S)=C/C=C/C(S)=C/C=C/C3=CC4CCCCC/C=C\4C=C3)ccc12. The molecule has 1 unspecified atom stereocenters. The van der Waals surface area contributed by atoms with Crippen LogP contribution in [0.1, 0.15) is 76.5 Å². The molecule has 5 rings (SSSR count). The van der Waals surface area contributed by atoms with Gasteiger partial charge in [-0.05, 0) is 106 Å². The number of rotatable bonds is 7. The molecule has 1 atom stereocenters. The van der Waals surface area contributed by atoms with Crippen molar-refractivity contribution in [2.24, 2.45) is 5.92 Å². The van der Waals surface area contributed by atoms with Crippen LogP contribution in [0.5, 0.6) is 0 Å². The molecule has 0 bridgehead atoms. The van der Waals surface area contributed by atoms with Gasteiger partial charge in [0.2, 0.25) is 0 Å². The molecule has 42 heavy (non-hydrogen) atoms. The van der Waals surface area contributed by atoms with Gasteiger partial charge < -0.3 is 0 Å². The van der Waals surface area contributed by atoms with Crippen molar-refractivity contribution in [3.05, 3.63) is 136 Å². The highest BCUT2D eigenvalue weighted by atomic mass is 32.1. The van der Waals surface area contributed by atoms with Gasteiger partial charge in [-0.25, -0.2) is 0 Å². The lowest BCUT2D eigenvalue weighted by Crippen LogP contribution is -2.06. The summed E-state index contributed by atoms with van der Waals surface area (Å²) in [4.78, 5) is 1.86. The van der Waals surface area contributed by atoms with Crippen LogP contribution in [0.4, 0.5) is 0 Å². The number of hydrogen-bond donors (Lipinski definition) is 2. The second kappa shape index (κ2) is 16.1. The monoisotopic (exact) mass is 590 g/mol. The first-order valence-corrected chi connectivity index (χ1v) is 16.7. The number of allylic oxidation sites excluding steroid dienone is 12. The summed E-state index contributed by atoms with van der Waals surface area (Å²) in [5, 5.41) is 5.45. The Morgan fingerprint density at radius 3 is 2.26 bits per heavy atom. The zero-order chi connectivity index (χ0) is 29.9. The molecule has 0 heterocycles. The van der Waals surface area contributed by atoms with Crippen LogP contribution in [-0.4, -0.2) is 0 Å². The van der Waals surface area contributed by atoms with Gasteiger partial charge >= 0.3 is 0 Å². The van der Waals surface area contributed by atoms with Gasteiger partial charge in [-0.3, -0.25) is 0 Å². The Hall–Kier alpha value is -2.94. The molecule has 0 saturated heterocycles. The molecule has 0 aromatic heterocycles. The summed E-state index contributed by atoms with van der Waals surface area (Å²) < 4.78 is 0. The quantitative estimate of drug-likeness (QED) is 0.153. The predicted molar refractivity (Wildman–Crippen MR) is 196 cm³/mol. The second-order valence-electron chi connectivity index (χ2n) is 10.8. The Bertz CT molecular complexity index is 1600. The van der Waals surface area contributed by atoms with Gasteiger partial charge in [-0.1, -0.05) is 119 Å². The van der Waals surface area contributed by atoms with E-state index in [1.165, 1.54) is 75.9 Å². The van der Waals surface area contributed by atoms with Crippen LogP contribution in [0.3, 0.4) is 0 Å². The van der Waals surface area contributed by atoms with Gasteiger partial charge in [0.15, 0.2) is 0 Å². The minimum absolute atomic E-state index is 0.569. The molecule has 0 N–H and O–H groups in total. The maximum Gasteiger partial charge on any atom is 0.0113 e. The van der Waals surface area contributed by atoms with Crippen molar-refractivity contribution in [2.75, 3.05) is 0 Å². The summed E-state index contributed by atoms with van der Waals surface area (Å²) in [5.74, 6) is 0.569. The fourth-order valence-electron chi connectivity index (χ4n) is 6.16. The van der Waals surface area contributed by atoms with E-state index < -0.39 is 0 Å². The third-order valence-corrected chi connectivity index (χ3v) is 8.92. The first-order chi connectivity index (χ1) is 20.6. The van der Waals surface area contributed by atoms with Crippen LogP contribution in [0.25, 0.3) is 26.5 Å². The van der Waals surface area contributed by atoms with Crippen LogP contribution >= 0.6 is 25.3 Å². The maximum absolute atomic E-state index is 4.86. The average molecular weight is 591 g/mol. The first kappa shape index (κ1) is 32.0. The zero-order valence-corrected chi connectivity index (χ0v) is 27.5. The van der Waals surface area contributed by atoms with Crippen molar-refractivity contribution in [3.63, 3.8) is 0 Å². The maximum atomic E-state index is 4.86. The van der Waals surface area contributed by atoms with E-state index in [2.05, 4.69) is 111 Å². The molecule has 0 nitrogen and oxygen atoms in total. The highest BCUT2D eigenvalue weighted by Crippen LogP contribution is 2.36. The van der Waals surface area contributed by atoms with Gasteiger partial charge in [-0.2, -0.15) is 0 Å². The van der Waals surface area contributed by atoms with Crippen LogP contribution in [0, 0.1) is 5.92 Å². The molecule has 0 aliphatic heterocycles. The van der Waals surface area contributed by atoms with Gasteiger partial charge in [0.1, 0.15) is 0 Å². The Labute approximate surface area is 265 Å². The number of hydrogen-bond acceptors (Lipinski definition) is 2. The summed E-state index contributed by atoms with van der Waals surface area (Å²) in [6.45, 7) is 8.50. The summed E-state index contributed by atoms with van der Waals surface area (Å²) in [6, 6.07) is 15.6. The highest BCUT2D eigenvalue weighted by Gasteiger charge is 2.15. The van der Waals surface area contributed by atoms with Crippen LogP contribution in [-0.2, 0) is 12.8 Å². The molecule has 3 aromatic rings. The normalized spacial score (nSPS) is 19.2. The molecule has 218 valence electrons. The van der Waals surface area contributed by atoms with E-state index in [9.17, 15) is 0 Å². The molecular weight excluding hydrogens is 545 g/mol. The summed E-state index contributed by atoms with van der Waals surface area (Å²) >= 11 is 9.53. The molecule has 0 fully saturated rings. The minimum atomic E-state index is 0.569. The molecule has 2 heteroatoms. The molecule has 0 amide bonds. The van der Waals surface area contributed by atoms with Crippen LogP contribution in [0.2, 0.25) is 0 Å². The van der Waals surface area contributed by atoms with E-state index in [-0.39, 0.29) is 0 Å². The number of fused-ring (bicyclic) bond motifs is 3. The molecule has 0 saturated carbocycles. The van der Waals surface area contributed by atoms with Crippen LogP contribution < -0.4 is 0 Å². The lowest BCUT2D eigenvalue weighted by molar-refractivity contribution is 0.567. The van der Waals surface area contributed by atoms with E-state index in [1.807, 2.05) is 32.1 Å². The van der Waals surface area contributed by atoms with E-state index in [4.69, 9.17) is 12.6 Å². The van der Waals surface area contributed by atoms with Crippen molar-refractivity contribution in [3.8, 4) is 0 Å². The lowest BCUT2D eigenvalue weighted by atomic mass is 9.84. The second-order valence-corrected chi connectivity index (χ2v) is 11.8. The Morgan fingerprint density at radius 1 is 0.810 bits per heavy atom. The summed E-state index contributed by atoms with van der Waals surface area (Å²) in [6.07, 6.45) is 30.3. The first-order valence-electron chi connectivity index (χ1n) is 15.8. The molecule has 2 aliphatic rings. The van der Waals surface area contributed by atoms with Gasteiger partial charge in [0, 0.05) is 15.7 Å². The molecule has 2 aliphatic carbocycles. The Morgan fingerprint density at radius 2 is 1.52 bits per heavy atom. The van der Waals surface area contributed by atoms with Gasteiger partial charge in [-0.15, -0.1) is 25.3 Å². The van der Waals surface area contributed by atoms with E-state index in [1.54, 1.807) is 0 Å². The predicted octanol–water partition coefficient (Wildman–Crippen LogP) is 12.3. The molecule has 0 radical (unpaired) electrons. The Balaban J connectivity index is 0.00000198. The van der Waals surface area contributed by atoms with Crippen LogP contribution in [0.15, 0.2) is 119 Å². The van der Waals surface area contributed by atoms with E-state index in [0.29, 0.717) is 5.92 Å². The number of aryl methyl sites for hydroxylation is 2. The Kier molecular flexibility index (Phi) is 12.2. The van der Waals surface area contributed by atoms with E-state index in [0.717, 1.165) is 28.2 Å². The molecular formula is C40H46S2. The number of benzene rings is 3.